The summed E-state index contributed by atoms with van der Waals surface area (Å²) >= 11 is 1.49. The Bertz CT molecular complexity index is 1050. The first kappa shape index (κ1) is 18.8. The van der Waals surface area contributed by atoms with Crippen molar-refractivity contribution in [3.05, 3.63) is 47.7 Å². The highest BCUT2D eigenvalue weighted by Crippen LogP contribution is 2.28. The van der Waals surface area contributed by atoms with Gasteiger partial charge in [-0.2, -0.15) is 4.98 Å². The number of carbonyl (C=O) groups is 3. The Hall–Kier alpha value is -3.53. The average molecular weight is 412 g/mol. The number of thiophene rings is 1. The van der Waals surface area contributed by atoms with E-state index in [2.05, 4.69) is 15.5 Å². The van der Waals surface area contributed by atoms with Crippen molar-refractivity contribution in [2.45, 2.75) is 12.8 Å². The van der Waals surface area contributed by atoms with Gasteiger partial charge in [0.05, 0.1) is 22.7 Å². The van der Waals surface area contributed by atoms with Gasteiger partial charge in [0.2, 0.25) is 17.6 Å². The zero-order chi connectivity index (χ0) is 20.2. The van der Waals surface area contributed by atoms with Crippen LogP contribution in [-0.2, 0) is 25.5 Å². The number of nitrogens with zero attached hydrogens (tertiary/aromatic N) is 3. The molecule has 0 radical (unpaired) electrons. The number of ether oxygens (including phenoxy) is 1. The standard InChI is InChI=1S/C19H16N4O5S/c24-15-10-23(13-5-2-1-4-12(13)20-15)17(25)11-27-18(26)8-7-16-21-19(22-28-16)14-6-3-9-29-14/h1-6,9H,7-8,10-11H2,(H,20,24). The topological polar surface area (TPSA) is 115 Å². The molecule has 3 heterocycles. The molecule has 0 saturated carbocycles. The van der Waals surface area contributed by atoms with Crippen molar-refractivity contribution < 1.29 is 23.6 Å². The largest absolute Gasteiger partial charge is 0.456 e. The number of fused-ring (bicyclic) bond motifs is 1. The smallest absolute Gasteiger partial charge is 0.306 e. The molecule has 1 aliphatic heterocycles. The Labute approximate surface area is 169 Å². The molecule has 1 N–H and O–H groups in total. The molecule has 2 amide bonds. The molecule has 148 valence electrons. The molecule has 0 spiro atoms. The Kier molecular flexibility index (Phi) is 5.34. The molecule has 29 heavy (non-hydrogen) atoms. The van der Waals surface area contributed by atoms with Crippen molar-refractivity contribution in [3.8, 4) is 10.7 Å². The predicted octanol–water partition coefficient (Wildman–Crippen LogP) is 2.26. The lowest BCUT2D eigenvalue weighted by Gasteiger charge is -2.28. The van der Waals surface area contributed by atoms with E-state index in [0.29, 0.717) is 23.1 Å². The third kappa shape index (κ3) is 4.32. The average Bonchev–Trinajstić information content (AvgIpc) is 3.41. The van der Waals surface area contributed by atoms with Crippen LogP contribution in [0.4, 0.5) is 11.4 Å². The third-order valence-electron chi connectivity index (χ3n) is 4.18. The van der Waals surface area contributed by atoms with E-state index in [4.69, 9.17) is 9.26 Å². The van der Waals surface area contributed by atoms with E-state index in [1.54, 1.807) is 24.3 Å². The van der Waals surface area contributed by atoms with Crippen LogP contribution >= 0.6 is 11.3 Å². The minimum absolute atomic E-state index is 0.00354. The van der Waals surface area contributed by atoms with Crippen molar-refractivity contribution >= 4 is 40.5 Å². The Morgan fingerprint density at radius 3 is 2.93 bits per heavy atom. The number of para-hydroxylation sites is 2. The van der Waals surface area contributed by atoms with E-state index in [1.165, 1.54) is 16.2 Å². The van der Waals surface area contributed by atoms with E-state index in [9.17, 15) is 14.4 Å². The second-order valence-corrected chi connectivity index (χ2v) is 7.14. The monoisotopic (exact) mass is 412 g/mol. The molecule has 1 aliphatic rings. The van der Waals surface area contributed by atoms with Gasteiger partial charge in [-0.3, -0.25) is 19.3 Å². The highest BCUT2D eigenvalue weighted by molar-refractivity contribution is 7.13. The Morgan fingerprint density at radius 1 is 1.24 bits per heavy atom. The number of esters is 1. The SMILES string of the molecule is O=C1CN(C(=O)COC(=O)CCc2nc(-c3cccs3)no2)c2ccccc2N1. The number of hydrogen-bond donors (Lipinski definition) is 1. The molecule has 0 bridgehead atoms. The Balaban J connectivity index is 1.29. The molecule has 3 aromatic rings. The highest BCUT2D eigenvalue weighted by Gasteiger charge is 2.27. The predicted molar refractivity (Wildman–Crippen MR) is 104 cm³/mol. The summed E-state index contributed by atoms with van der Waals surface area (Å²) in [4.78, 5) is 42.6. The van der Waals surface area contributed by atoms with Gasteiger partial charge in [0, 0.05) is 6.42 Å². The summed E-state index contributed by atoms with van der Waals surface area (Å²) in [6.07, 6.45) is 0.205. The van der Waals surface area contributed by atoms with Crippen molar-refractivity contribution in [1.82, 2.24) is 10.1 Å². The summed E-state index contributed by atoms with van der Waals surface area (Å²) in [5, 5.41) is 8.48. The summed E-state index contributed by atoms with van der Waals surface area (Å²) < 4.78 is 10.2. The van der Waals surface area contributed by atoms with Gasteiger partial charge in [-0.1, -0.05) is 23.4 Å². The minimum atomic E-state index is -0.566. The zero-order valence-corrected chi connectivity index (χ0v) is 16.0. The van der Waals surface area contributed by atoms with Gasteiger partial charge >= 0.3 is 5.97 Å². The van der Waals surface area contributed by atoms with Crippen LogP contribution in [0.3, 0.4) is 0 Å². The molecule has 4 rings (SSSR count). The van der Waals surface area contributed by atoms with Crippen molar-refractivity contribution in [2.75, 3.05) is 23.4 Å². The number of anilines is 2. The lowest BCUT2D eigenvalue weighted by atomic mass is 10.2. The minimum Gasteiger partial charge on any atom is -0.456 e. The maximum absolute atomic E-state index is 12.4. The normalized spacial score (nSPS) is 13.0. The van der Waals surface area contributed by atoms with E-state index in [1.807, 2.05) is 17.5 Å². The first-order chi connectivity index (χ1) is 14.1. The summed E-state index contributed by atoms with van der Waals surface area (Å²) in [6.45, 7) is -0.578. The number of hydrogen-bond acceptors (Lipinski definition) is 8. The van der Waals surface area contributed by atoms with E-state index < -0.39 is 18.5 Å². The fourth-order valence-electron chi connectivity index (χ4n) is 2.82. The number of carbonyl (C=O) groups excluding carboxylic acids is 3. The molecule has 0 atom stereocenters. The van der Waals surface area contributed by atoms with Crippen LogP contribution < -0.4 is 10.2 Å². The zero-order valence-electron chi connectivity index (χ0n) is 15.2. The second-order valence-electron chi connectivity index (χ2n) is 6.19. The van der Waals surface area contributed by atoms with Gasteiger partial charge in [-0.15, -0.1) is 11.3 Å². The maximum Gasteiger partial charge on any atom is 0.306 e. The lowest BCUT2D eigenvalue weighted by molar-refractivity contribution is -0.147. The molecule has 0 saturated heterocycles. The van der Waals surface area contributed by atoms with Crippen LogP contribution in [0.2, 0.25) is 0 Å². The van der Waals surface area contributed by atoms with Gasteiger partial charge in [0.1, 0.15) is 6.54 Å². The van der Waals surface area contributed by atoms with Crippen LogP contribution in [0.1, 0.15) is 12.3 Å². The van der Waals surface area contributed by atoms with E-state index in [-0.39, 0.29) is 25.3 Å². The van der Waals surface area contributed by atoms with Gasteiger partial charge in [0.15, 0.2) is 6.61 Å². The van der Waals surface area contributed by atoms with E-state index >= 15 is 0 Å². The summed E-state index contributed by atoms with van der Waals surface area (Å²) in [5.74, 6) is -0.553. The van der Waals surface area contributed by atoms with Crippen LogP contribution in [0.15, 0.2) is 46.3 Å². The fourth-order valence-corrected chi connectivity index (χ4v) is 3.47. The number of amides is 2. The lowest BCUT2D eigenvalue weighted by Crippen LogP contribution is -2.44. The molecule has 2 aromatic heterocycles. The summed E-state index contributed by atoms with van der Waals surface area (Å²) in [6, 6.07) is 10.7. The van der Waals surface area contributed by atoms with Crippen LogP contribution in [-0.4, -0.2) is 41.1 Å². The number of aromatic nitrogens is 2. The molecule has 0 aliphatic carbocycles. The van der Waals surface area contributed by atoms with Gasteiger partial charge in [-0.05, 0) is 23.6 Å². The molecule has 10 heteroatoms. The molecule has 9 nitrogen and oxygen atoms in total. The van der Waals surface area contributed by atoms with Gasteiger partial charge in [0.25, 0.3) is 5.91 Å². The number of rotatable bonds is 6. The fraction of sp³-hybridized carbons (Fsp3) is 0.211. The quantitative estimate of drug-likeness (QED) is 0.618. The number of aryl methyl sites for hydroxylation is 1. The van der Waals surface area contributed by atoms with Crippen LogP contribution in [0.5, 0.6) is 0 Å². The van der Waals surface area contributed by atoms with Gasteiger partial charge in [-0.25, -0.2) is 0 Å². The van der Waals surface area contributed by atoms with Crippen LogP contribution in [0.25, 0.3) is 10.7 Å². The molecule has 0 unspecified atom stereocenters. The molecular formula is C19H16N4O5S. The first-order valence-corrected chi connectivity index (χ1v) is 9.69. The highest BCUT2D eigenvalue weighted by atomic mass is 32.1. The second kappa shape index (κ2) is 8.23. The number of benzene rings is 1. The molecule has 0 fully saturated rings. The summed E-state index contributed by atoms with van der Waals surface area (Å²) in [5.41, 5.74) is 1.11. The van der Waals surface area contributed by atoms with E-state index in [0.717, 1.165) is 4.88 Å². The van der Waals surface area contributed by atoms with Crippen molar-refractivity contribution in [1.29, 1.82) is 0 Å². The molecule has 1 aromatic carbocycles. The van der Waals surface area contributed by atoms with Gasteiger partial charge < -0.3 is 14.6 Å². The summed E-state index contributed by atoms with van der Waals surface area (Å²) in [7, 11) is 0. The third-order valence-corrected chi connectivity index (χ3v) is 5.05. The first-order valence-electron chi connectivity index (χ1n) is 8.81. The van der Waals surface area contributed by atoms with Crippen molar-refractivity contribution in [2.24, 2.45) is 0 Å². The maximum atomic E-state index is 12.4. The number of nitrogens with one attached hydrogen (secondary N) is 1. The van der Waals surface area contributed by atoms with Crippen LogP contribution in [0, 0.1) is 0 Å². The molecular weight excluding hydrogens is 396 g/mol. The van der Waals surface area contributed by atoms with Crippen molar-refractivity contribution in [3.63, 3.8) is 0 Å². The Morgan fingerprint density at radius 2 is 2.10 bits per heavy atom.